The predicted molar refractivity (Wildman–Crippen MR) is 74.0 cm³/mol. The largest absolute Gasteiger partial charge is 0.355 e. The molecule has 98 valence electrons. The number of fused-ring (bicyclic) bond motifs is 1. The minimum Gasteiger partial charge on any atom is -0.355 e. The minimum atomic E-state index is 0.106. The van der Waals surface area contributed by atoms with Crippen molar-refractivity contribution < 1.29 is 4.79 Å². The Morgan fingerprint density at radius 1 is 1.50 bits per heavy atom. The first-order chi connectivity index (χ1) is 8.84. The molecule has 4 heteroatoms. The highest BCUT2D eigenvalue weighted by Crippen LogP contribution is 2.34. The van der Waals surface area contributed by atoms with Crippen molar-refractivity contribution in [2.24, 2.45) is 5.92 Å². The van der Waals surface area contributed by atoms with E-state index in [1.165, 1.54) is 16.9 Å². The molecule has 2 heterocycles. The van der Waals surface area contributed by atoms with Crippen molar-refractivity contribution in [2.75, 3.05) is 19.6 Å². The molecule has 0 spiro atoms. The maximum absolute atomic E-state index is 12.3. The number of rotatable bonds is 3. The van der Waals surface area contributed by atoms with Crippen LogP contribution in [0.1, 0.15) is 35.6 Å². The zero-order valence-electron chi connectivity index (χ0n) is 10.6. The summed E-state index contributed by atoms with van der Waals surface area (Å²) in [6.45, 7) is 2.98. The molecule has 0 radical (unpaired) electrons. The molecule has 18 heavy (non-hydrogen) atoms. The molecule has 2 aliphatic rings. The van der Waals surface area contributed by atoms with Gasteiger partial charge in [0.2, 0.25) is 5.91 Å². The second kappa shape index (κ2) is 5.41. The summed E-state index contributed by atoms with van der Waals surface area (Å²) in [5, 5.41) is 8.61. The van der Waals surface area contributed by atoms with Crippen LogP contribution in [0, 0.1) is 5.92 Å². The highest BCUT2D eigenvalue weighted by atomic mass is 32.1. The summed E-state index contributed by atoms with van der Waals surface area (Å²) in [5.41, 5.74) is 1.29. The number of amides is 1. The fourth-order valence-corrected chi connectivity index (χ4v) is 4.00. The smallest absolute Gasteiger partial charge is 0.227 e. The van der Waals surface area contributed by atoms with Gasteiger partial charge in [-0.15, -0.1) is 11.3 Å². The van der Waals surface area contributed by atoms with Gasteiger partial charge >= 0.3 is 0 Å². The molecule has 0 saturated carbocycles. The number of aryl methyl sites for hydroxylation is 1. The Bertz CT molecular complexity index is 423. The fourth-order valence-electron chi connectivity index (χ4n) is 3.02. The van der Waals surface area contributed by atoms with Crippen LogP contribution in [-0.2, 0) is 11.2 Å². The molecule has 1 aromatic heterocycles. The van der Waals surface area contributed by atoms with E-state index in [1.54, 1.807) is 11.3 Å². The summed E-state index contributed by atoms with van der Waals surface area (Å²) in [7, 11) is 0. The van der Waals surface area contributed by atoms with Gasteiger partial charge in [0, 0.05) is 11.4 Å². The summed E-state index contributed by atoms with van der Waals surface area (Å²) >= 11 is 1.80. The van der Waals surface area contributed by atoms with E-state index in [9.17, 15) is 4.79 Å². The van der Waals surface area contributed by atoms with E-state index in [4.69, 9.17) is 0 Å². The topological polar surface area (TPSA) is 41.1 Å². The zero-order valence-corrected chi connectivity index (χ0v) is 11.4. The maximum Gasteiger partial charge on any atom is 0.227 e. The first-order valence-electron chi connectivity index (χ1n) is 6.89. The van der Waals surface area contributed by atoms with E-state index in [-0.39, 0.29) is 11.8 Å². The number of hydrogen-bond donors (Lipinski definition) is 2. The Kier molecular flexibility index (Phi) is 3.66. The number of hydrogen-bond acceptors (Lipinski definition) is 3. The van der Waals surface area contributed by atoms with Crippen LogP contribution in [0.3, 0.4) is 0 Å². The van der Waals surface area contributed by atoms with Gasteiger partial charge in [0.25, 0.3) is 0 Å². The van der Waals surface area contributed by atoms with Gasteiger partial charge in [-0.3, -0.25) is 4.79 Å². The summed E-state index contributed by atoms with van der Waals surface area (Å²) in [5.74, 6) is 0.968. The first-order valence-corrected chi connectivity index (χ1v) is 7.77. The summed E-state index contributed by atoms with van der Waals surface area (Å²) in [6.07, 6.45) is 4.51. The first kappa shape index (κ1) is 12.2. The normalized spacial score (nSPS) is 26.9. The zero-order chi connectivity index (χ0) is 12.4. The molecular formula is C14H20N2OS. The van der Waals surface area contributed by atoms with Gasteiger partial charge < -0.3 is 10.6 Å². The third-order valence-electron chi connectivity index (χ3n) is 4.10. The molecule has 0 aromatic carbocycles. The predicted octanol–water partition coefficient (Wildman–Crippen LogP) is 1.89. The van der Waals surface area contributed by atoms with Gasteiger partial charge in [-0.25, -0.2) is 0 Å². The summed E-state index contributed by atoms with van der Waals surface area (Å²) in [6, 6.07) is 2.14. The Labute approximate surface area is 112 Å². The average molecular weight is 264 g/mol. The third-order valence-corrected chi connectivity index (χ3v) is 5.09. The average Bonchev–Trinajstić information content (AvgIpc) is 3.05. The highest BCUT2D eigenvalue weighted by molar-refractivity contribution is 7.10. The third kappa shape index (κ3) is 2.45. The lowest BCUT2D eigenvalue weighted by Crippen LogP contribution is -2.35. The maximum atomic E-state index is 12.3. The van der Waals surface area contributed by atoms with Crippen LogP contribution in [-0.4, -0.2) is 25.5 Å². The van der Waals surface area contributed by atoms with Crippen molar-refractivity contribution in [3.05, 3.63) is 21.9 Å². The Morgan fingerprint density at radius 3 is 3.28 bits per heavy atom. The van der Waals surface area contributed by atoms with Crippen LogP contribution in [0.25, 0.3) is 0 Å². The fraction of sp³-hybridized carbons (Fsp3) is 0.643. The monoisotopic (exact) mass is 264 g/mol. The van der Waals surface area contributed by atoms with Crippen molar-refractivity contribution in [2.45, 2.75) is 31.6 Å². The molecule has 1 aliphatic carbocycles. The van der Waals surface area contributed by atoms with Crippen LogP contribution < -0.4 is 10.6 Å². The molecule has 1 aliphatic heterocycles. The standard InChI is InChI=1S/C14H20N2OS/c17-14(16-9-10-4-6-15-8-10)12-2-1-3-13-11(12)5-7-18-13/h5,7,10,12,15H,1-4,6,8-9H2,(H,16,17). The van der Waals surface area contributed by atoms with Gasteiger partial charge in [0.1, 0.15) is 0 Å². The highest BCUT2D eigenvalue weighted by Gasteiger charge is 2.27. The summed E-state index contributed by atoms with van der Waals surface area (Å²) < 4.78 is 0. The SMILES string of the molecule is O=C(NCC1CCNC1)C1CCCc2sccc21. The molecule has 1 saturated heterocycles. The second-order valence-corrected chi connectivity index (χ2v) is 6.35. The van der Waals surface area contributed by atoms with E-state index < -0.39 is 0 Å². The molecule has 1 aromatic rings. The number of thiophene rings is 1. The number of carbonyl (C=O) groups excluding carboxylic acids is 1. The van der Waals surface area contributed by atoms with Gasteiger partial charge in [-0.2, -0.15) is 0 Å². The molecule has 1 amide bonds. The van der Waals surface area contributed by atoms with Crippen molar-refractivity contribution in [3.8, 4) is 0 Å². The lowest BCUT2D eigenvalue weighted by molar-refractivity contribution is -0.123. The van der Waals surface area contributed by atoms with Crippen molar-refractivity contribution in [3.63, 3.8) is 0 Å². The van der Waals surface area contributed by atoms with Crippen LogP contribution in [0.15, 0.2) is 11.4 Å². The molecule has 1 fully saturated rings. The molecule has 2 unspecified atom stereocenters. The lowest BCUT2D eigenvalue weighted by Gasteiger charge is -2.22. The van der Waals surface area contributed by atoms with E-state index >= 15 is 0 Å². The van der Waals surface area contributed by atoms with E-state index in [2.05, 4.69) is 22.1 Å². The van der Waals surface area contributed by atoms with Gasteiger partial charge in [0.05, 0.1) is 5.92 Å². The van der Waals surface area contributed by atoms with E-state index in [0.717, 1.165) is 38.9 Å². The Balaban J connectivity index is 1.60. The van der Waals surface area contributed by atoms with Gasteiger partial charge in [-0.05, 0) is 61.7 Å². The van der Waals surface area contributed by atoms with Crippen molar-refractivity contribution in [1.29, 1.82) is 0 Å². The Hall–Kier alpha value is -0.870. The molecule has 0 bridgehead atoms. The second-order valence-electron chi connectivity index (χ2n) is 5.35. The lowest BCUT2D eigenvalue weighted by atomic mass is 9.87. The summed E-state index contributed by atoms with van der Waals surface area (Å²) in [4.78, 5) is 13.7. The van der Waals surface area contributed by atoms with Crippen molar-refractivity contribution in [1.82, 2.24) is 10.6 Å². The molecular weight excluding hydrogens is 244 g/mol. The quantitative estimate of drug-likeness (QED) is 0.875. The van der Waals surface area contributed by atoms with E-state index in [1.807, 2.05) is 0 Å². The minimum absolute atomic E-state index is 0.106. The Morgan fingerprint density at radius 2 is 2.44 bits per heavy atom. The van der Waals surface area contributed by atoms with Crippen LogP contribution in [0.4, 0.5) is 0 Å². The van der Waals surface area contributed by atoms with Gasteiger partial charge in [0.15, 0.2) is 0 Å². The van der Waals surface area contributed by atoms with Crippen LogP contribution in [0.2, 0.25) is 0 Å². The molecule has 3 rings (SSSR count). The van der Waals surface area contributed by atoms with Crippen LogP contribution >= 0.6 is 11.3 Å². The molecule has 3 nitrogen and oxygen atoms in total. The molecule has 2 atom stereocenters. The van der Waals surface area contributed by atoms with Crippen molar-refractivity contribution >= 4 is 17.2 Å². The molecule has 2 N–H and O–H groups in total. The van der Waals surface area contributed by atoms with Gasteiger partial charge in [-0.1, -0.05) is 0 Å². The van der Waals surface area contributed by atoms with Crippen LogP contribution in [0.5, 0.6) is 0 Å². The number of carbonyl (C=O) groups is 1. The van der Waals surface area contributed by atoms with E-state index in [0.29, 0.717) is 5.92 Å². The number of nitrogens with one attached hydrogen (secondary N) is 2.